The molecule has 5 heteroatoms. The van der Waals surface area contributed by atoms with Gasteiger partial charge in [-0.1, -0.05) is 6.07 Å². The molecule has 1 aliphatic heterocycles. The second kappa shape index (κ2) is 3.82. The standard InChI is InChI=1S/C11H12BrN3O/c12-9-2-1-3-10(14-9)15-11(16)8-5-6-4-7(6)13-8/h1-3,6-8,13H,4-5H2,(H,14,15,16)/t6-,7+,8?/m1/s1. The highest BCUT2D eigenvalue weighted by Crippen LogP contribution is 2.40. The van der Waals surface area contributed by atoms with Crippen LogP contribution in [0.4, 0.5) is 5.82 Å². The first-order valence-electron chi connectivity index (χ1n) is 5.42. The Hall–Kier alpha value is -0.940. The van der Waals surface area contributed by atoms with Crippen molar-refractivity contribution in [2.75, 3.05) is 5.32 Å². The van der Waals surface area contributed by atoms with Gasteiger partial charge in [-0.25, -0.2) is 4.98 Å². The summed E-state index contributed by atoms with van der Waals surface area (Å²) in [5.41, 5.74) is 0. The van der Waals surface area contributed by atoms with Crippen molar-refractivity contribution in [1.82, 2.24) is 10.3 Å². The second-order valence-electron chi connectivity index (χ2n) is 4.39. The summed E-state index contributed by atoms with van der Waals surface area (Å²) in [6.45, 7) is 0. The highest BCUT2D eigenvalue weighted by atomic mass is 79.9. The molecule has 84 valence electrons. The number of nitrogens with zero attached hydrogens (tertiary/aromatic N) is 1. The van der Waals surface area contributed by atoms with Gasteiger partial charge in [-0.2, -0.15) is 0 Å². The molecule has 1 saturated heterocycles. The Morgan fingerprint density at radius 3 is 3.06 bits per heavy atom. The van der Waals surface area contributed by atoms with Gasteiger partial charge in [0.1, 0.15) is 10.4 Å². The molecule has 1 aliphatic carbocycles. The minimum Gasteiger partial charge on any atom is -0.309 e. The van der Waals surface area contributed by atoms with Gasteiger partial charge in [-0.15, -0.1) is 0 Å². The summed E-state index contributed by atoms with van der Waals surface area (Å²) in [7, 11) is 0. The highest BCUT2D eigenvalue weighted by Gasteiger charge is 2.47. The summed E-state index contributed by atoms with van der Waals surface area (Å²) < 4.78 is 0.729. The van der Waals surface area contributed by atoms with Gasteiger partial charge >= 0.3 is 0 Å². The molecule has 2 N–H and O–H groups in total. The highest BCUT2D eigenvalue weighted by molar-refractivity contribution is 9.10. The van der Waals surface area contributed by atoms with Crippen LogP contribution >= 0.6 is 15.9 Å². The number of fused-ring (bicyclic) bond motifs is 1. The topological polar surface area (TPSA) is 54.0 Å². The van der Waals surface area contributed by atoms with Gasteiger partial charge < -0.3 is 10.6 Å². The number of anilines is 1. The number of aromatic nitrogens is 1. The van der Waals surface area contributed by atoms with Crippen LogP contribution in [0.15, 0.2) is 22.8 Å². The number of amides is 1. The molecule has 0 aromatic carbocycles. The molecular formula is C11H12BrN3O. The number of rotatable bonds is 2. The van der Waals surface area contributed by atoms with Crippen molar-refractivity contribution < 1.29 is 4.79 Å². The smallest absolute Gasteiger partial charge is 0.242 e. The summed E-state index contributed by atoms with van der Waals surface area (Å²) in [6.07, 6.45) is 2.20. The van der Waals surface area contributed by atoms with E-state index in [1.165, 1.54) is 6.42 Å². The number of piperidine rings is 1. The van der Waals surface area contributed by atoms with E-state index in [2.05, 4.69) is 31.5 Å². The number of carbonyl (C=O) groups excluding carboxylic acids is 1. The molecule has 4 nitrogen and oxygen atoms in total. The minimum atomic E-state index is -0.0375. The number of halogens is 1. The van der Waals surface area contributed by atoms with E-state index >= 15 is 0 Å². The van der Waals surface area contributed by atoms with Crippen LogP contribution in [0.3, 0.4) is 0 Å². The van der Waals surface area contributed by atoms with E-state index < -0.39 is 0 Å². The molecule has 1 amide bonds. The maximum Gasteiger partial charge on any atom is 0.242 e. The van der Waals surface area contributed by atoms with Crippen molar-refractivity contribution >= 4 is 27.7 Å². The van der Waals surface area contributed by atoms with E-state index in [0.717, 1.165) is 16.9 Å². The van der Waals surface area contributed by atoms with E-state index in [1.807, 2.05) is 12.1 Å². The molecule has 0 spiro atoms. The Bertz CT molecular complexity index is 427. The summed E-state index contributed by atoms with van der Waals surface area (Å²) >= 11 is 3.27. The van der Waals surface area contributed by atoms with Crippen molar-refractivity contribution in [3.05, 3.63) is 22.8 Å². The molecule has 1 aromatic heterocycles. The van der Waals surface area contributed by atoms with E-state index in [9.17, 15) is 4.79 Å². The molecule has 2 aliphatic rings. The second-order valence-corrected chi connectivity index (χ2v) is 5.20. The SMILES string of the molecule is O=C(Nc1cccc(Br)n1)C1C[C@H]2C[C@@H]2N1. The average Bonchev–Trinajstić information content (AvgIpc) is 2.86. The maximum atomic E-state index is 11.9. The largest absolute Gasteiger partial charge is 0.309 e. The van der Waals surface area contributed by atoms with Gasteiger partial charge in [0, 0.05) is 6.04 Å². The van der Waals surface area contributed by atoms with Crippen molar-refractivity contribution in [3.63, 3.8) is 0 Å². The van der Waals surface area contributed by atoms with Crippen LogP contribution in [0.25, 0.3) is 0 Å². The van der Waals surface area contributed by atoms with E-state index in [0.29, 0.717) is 11.9 Å². The van der Waals surface area contributed by atoms with Crippen molar-refractivity contribution in [2.24, 2.45) is 5.92 Å². The molecule has 3 atom stereocenters. The number of hydrogen-bond donors (Lipinski definition) is 2. The molecule has 0 radical (unpaired) electrons. The first-order chi connectivity index (χ1) is 7.72. The summed E-state index contributed by atoms with van der Waals surface area (Å²) in [5, 5.41) is 6.13. The van der Waals surface area contributed by atoms with Crippen LogP contribution < -0.4 is 10.6 Å². The van der Waals surface area contributed by atoms with Gasteiger partial charge in [-0.3, -0.25) is 4.79 Å². The Morgan fingerprint density at radius 2 is 2.38 bits per heavy atom. The fourth-order valence-electron chi connectivity index (χ4n) is 2.22. The van der Waals surface area contributed by atoms with E-state index in [-0.39, 0.29) is 11.9 Å². The van der Waals surface area contributed by atoms with Crippen molar-refractivity contribution in [1.29, 1.82) is 0 Å². The van der Waals surface area contributed by atoms with Crippen LogP contribution in [0, 0.1) is 5.92 Å². The number of nitrogens with one attached hydrogen (secondary N) is 2. The lowest BCUT2D eigenvalue weighted by Crippen LogP contribution is -2.38. The summed E-state index contributed by atoms with van der Waals surface area (Å²) in [5.74, 6) is 1.35. The lowest BCUT2D eigenvalue weighted by Gasteiger charge is -2.12. The number of hydrogen-bond acceptors (Lipinski definition) is 3. The van der Waals surface area contributed by atoms with Crippen LogP contribution in [-0.4, -0.2) is 23.0 Å². The zero-order valence-corrected chi connectivity index (χ0v) is 10.2. The predicted molar refractivity (Wildman–Crippen MR) is 64.0 cm³/mol. The van der Waals surface area contributed by atoms with Crippen LogP contribution in [0.5, 0.6) is 0 Å². The van der Waals surface area contributed by atoms with Crippen LogP contribution in [0.1, 0.15) is 12.8 Å². The molecule has 3 rings (SSSR count). The monoisotopic (exact) mass is 281 g/mol. The molecule has 0 bridgehead atoms. The van der Waals surface area contributed by atoms with Gasteiger partial charge in [0.2, 0.25) is 5.91 Å². The summed E-state index contributed by atoms with van der Waals surface area (Å²) in [4.78, 5) is 16.0. The Labute approximate surface area is 102 Å². The van der Waals surface area contributed by atoms with E-state index in [4.69, 9.17) is 0 Å². The lowest BCUT2D eigenvalue weighted by atomic mass is 10.2. The first-order valence-corrected chi connectivity index (χ1v) is 6.21. The predicted octanol–water partition coefficient (Wildman–Crippen LogP) is 1.53. The number of carbonyl (C=O) groups is 1. The zero-order chi connectivity index (χ0) is 11.1. The lowest BCUT2D eigenvalue weighted by molar-refractivity contribution is -0.118. The van der Waals surface area contributed by atoms with E-state index in [1.54, 1.807) is 6.07 Å². The van der Waals surface area contributed by atoms with Gasteiger partial charge in [0.25, 0.3) is 0 Å². The van der Waals surface area contributed by atoms with Crippen molar-refractivity contribution in [3.8, 4) is 0 Å². The minimum absolute atomic E-state index is 0.0257. The third-order valence-electron chi connectivity index (χ3n) is 3.16. The van der Waals surface area contributed by atoms with Crippen molar-refractivity contribution in [2.45, 2.75) is 24.9 Å². The summed E-state index contributed by atoms with van der Waals surface area (Å²) in [6, 6.07) is 6.03. The first kappa shape index (κ1) is 10.2. The third kappa shape index (κ3) is 1.97. The molecular weight excluding hydrogens is 270 g/mol. The molecule has 1 aromatic rings. The Balaban J connectivity index is 1.64. The Morgan fingerprint density at radius 1 is 1.50 bits per heavy atom. The number of pyridine rings is 1. The zero-order valence-electron chi connectivity index (χ0n) is 8.61. The average molecular weight is 282 g/mol. The fourth-order valence-corrected chi connectivity index (χ4v) is 2.56. The molecule has 2 heterocycles. The van der Waals surface area contributed by atoms with Gasteiger partial charge in [-0.05, 0) is 46.8 Å². The molecule has 1 unspecified atom stereocenters. The Kier molecular flexibility index (Phi) is 2.44. The van der Waals surface area contributed by atoms with Gasteiger partial charge in [0.05, 0.1) is 6.04 Å². The molecule has 16 heavy (non-hydrogen) atoms. The quantitative estimate of drug-likeness (QED) is 0.809. The maximum absolute atomic E-state index is 11.9. The van der Waals surface area contributed by atoms with Crippen LogP contribution in [-0.2, 0) is 4.79 Å². The normalized spacial score (nSPS) is 30.9. The van der Waals surface area contributed by atoms with Gasteiger partial charge in [0.15, 0.2) is 0 Å². The third-order valence-corrected chi connectivity index (χ3v) is 3.60. The fraction of sp³-hybridized carbons (Fsp3) is 0.455. The van der Waals surface area contributed by atoms with Crippen LogP contribution in [0.2, 0.25) is 0 Å². The molecule has 1 saturated carbocycles. The molecule has 2 fully saturated rings.